The van der Waals surface area contributed by atoms with Crippen molar-refractivity contribution in [2.45, 2.75) is 26.4 Å². The van der Waals surface area contributed by atoms with Crippen molar-refractivity contribution in [2.24, 2.45) is 5.10 Å². The van der Waals surface area contributed by atoms with Gasteiger partial charge in [0.15, 0.2) is 5.60 Å². The molecule has 0 fully saturated rings. The predicted octanol–water partition coefficient (Wildman–Crippen LogP) is 4.73. The molecule has 0 saturated carbocycles. The Kier molecular flexibility index (Phi) is 6.16. The van der Waals surface area contributed by atoms with Crippen LogP contribution in [0, 0.1) is 13.8 Å². The number of carbonyl (C=O) groups excluding carboxylic acids is 1. The molecule has 0 aliphatic rings. The summed E-state index contributed by atoms with van der Waals surface area (Å²) in [6.45, 7) is 5.68. The van der Waals surface area contributed by atoms with Crippen LogP contribution in [0.25, 0.3) is 0 Å². The Morgan fingerprint density at radius 3 is 1.76 bits per heavy atom. The third-order valence-electron chi connectivity index (χ3n) is 4.85. The molecule has 4 nitrogen and oxygen atoms in total. The molecular weight excluding hydrogens is 384 g/mol. The summed E-state index contributed by atoms with van der Waals surface area (Å²) in [7, 11) is 0. The quantitative estimate of drug-likeness (QED) is 0.475. The van der Waals surface area contributed by atoms with Gasteiger partial charge in [-0.15, -0.1) is 0 Å². The summed E-state index contributed by atoms with van der Waals surface area (Å²) in [6, 6.07) is 21.6. The highest BCUT2D eigenvalue weighted by Gasteiger charge is 2.40. The van der Waals surface area contributed by atoms with Crippen LogP contribution in [0.5, 0.6) is 0 Å². The molecule has 0 atom stereocenters. The molecule has 3 aromatic carbocycles. The van der Waals surface area contributed by atoms with E-state index in [1.807, 2.05) is 50.2 Å². The van der Waals surface area contributed by atoms with E-state index < -0.39 is 11.5 Å². The van der Waals surface area contributed by atoms with Gasteiger partial charge in [0.05, 0.1) is 5.71 Å². The van der Waals surface area contributed by atoms with Crippen molar-refractivity contribution < 1.29 is 9.90 Å². The largest absolute Gasteiger partial charge is 0.372 e. The second-order valence-corrected chi connectivity index (χ2v) is 7.52. The first-order valence-corrected chi connectivity index (χ1v) is 9.66. The standard InChI is InChI=1S/C24H23ClN2O2/c1-16-4-10-20(11-5-16)24(29,21-12-6-17(2)7-13-21)23(28)27-26-18(3)19-8-14-22(25)15-9-19/h4-15,29H,1-3H3,(H,27,28)/b26-18-. The molecule has 0 aliphatic heterocycles. The fourth-order valence-electron chi connectivity index (χ4n) is 2.99. The number of hydrogen-bond donors (Lipinski definition) is 2. The summed E-state index contributed by atoms with van der Waals surface area (Å²) in [5, 5.41) is 16.3. The van der Waals surface area contributed by atoms with Crippen molar-refractivity contribution >= 4 is 23.2 Å². The number of hydrazone groups is 1. The number of amides is 1. The molecule has 0 radical (unpaired) electrons. The number of nitrogens with one attached hydrogen (secondary N) is 1. The second-order valence-electron chi connectivity index (χ2n) is 7.09. The Hall–Kier alpha value is -2.95. The zero-order chi connectivity index (χ0) is 21.0. The molecular formula is C24H23ClN2O2. The Labute approximate surface area is 175 Å². The van der Waals surface area contributed by atoms with Crippen LogP contribution in [0.15, 0.2) is 77.9 Å². The molecule has 29 heavy (non-hydrogen) atoms. The van der Waals surface area contributed by atoms with Gasteiger partial charge in [0, 0.05) is 5.02 Å². The maximum absolute atomic E-state index is 13.1. The van der Waals surface area contributed by atoms with Gasteiger partial charge in [-0.3, -0.25) is 4.79 Å². The van der Waals surface area contributed by atoms with Gasteiger partial charge in [-0.2, -0.15) is 5.10 Å². The van der Waals surface area contributed by atoms with E-state index in [4.69, 9.17) is 11.6 Å². The van der Waals surface area contributed by atoms with Crippen LogP contribution in [0.1, 0.15) is 34.7 Å². The van der Waals surface area contributed by atoms with Crippen molar-refractivity contribution in [2.75, 3.05) is 0 Å². The zero-order valence-corrected chi connectivity index (χ0v) is 17.4. The zero-order valence-electron chi connectivity index (χ0n) is 16.6. The number of aliphatic hydroxyl groups is 1. The van der Waals surface area contributed by atoms with E-state index in [0.29, 0.717) is 21.9 Å². The molecule has 2 N–H and O–H groups in total. The summed E-state index contributed by atoms with van der Waals surface area (Å²) in [5.74, 6) is -0.626. The number of nitrogens with zero attached hydrogens (tertiary/aromatic N) is 1. The number of hydrogen-bond acceptors (Lipinski definition) is 3. The summed E-state index contributed by atoms with van der Waals surface area (Å²) >= 11 is 5.92. The molecule has 5 heteroatoms. The average molecular weight is 407 g/mol. The molecule has 0 heterocycles. The highest BCUT2D eigenvalue weighted by atomic mass is 35.5. The highest BCUT2D eigenvalue weighted by molar-refractivity contribution is 6.30. The lowest BCUT2D eigenvalue weighted by Gasteiger charge is -2.27. The number of aryl methyl sites for hydroxylation is 2. The Balaban J connectivity index is 1.96. The summed E-state index contributed by atoms with van der Waals surface area (Å²) in [5.41, 5.74) is 5.11. The Morgan fingerprint density at radius 1 is 0.862 bits per heavy atom. The van der Waals surface area contributed by atoms with Crippen molar-refractivity contribution in [3.63, 3.8) is 0 Å². The number of halogens is 1. The molecule has 0 aromatic heterocycles. The van der Waals surface area contributed by atoms with Gasteiger partial charge in [-0.25, -0.2) is 5.43 Å². The number of benzene rings is 3. The summed E-state index contributed by atoms with van der Waals surface area (Å²) < 4.78 is 0. The topological polar surface area (TPSA) is 61.7 Å². The monoisotopic (exact) mass is 406 g/mol. The van der Waals surface area contributed by atoms with Crippen molar-refractivity contribution in [3.8, 4) is 0 Å². The van der Waals surface area contributed by atoms with Crippen molar-refractivity contribution in [1.82, 2.24) is 5.43 Å². The molecule has 0 saturated heterocycles. The predicted molar refractivity (Wildman–Crippen MR) is 117 cm³/mol. The van der Waals surface area contributed by atoms with Crippen LogP contribution in [0.2, 0.25) is 5.02 Å². The van der Waals surface area contributed by atoms with Crippen molar-refractivity contribution in [3.05, 3.63) is 106 Å². The minimum atomic E-state index is -1.87. The SMILES string of the molecule is C/C(=N/NC(=O)C(O)(c1ccc(C)cc1)c1ccc(C)cc1)c1ccc(Cl)cc1. The first-order valence-electron chi connectivity index (χ1n) is 9.28. The lowest BCUT2D eigenvalue weighted by molar-refractivity contribution is -0.136. The van der Waals surface area contributed by atoms with Crippen LogP contribution >= 0.6 is 11.6 Å². The molecule has 148 valence electrons. The number of rotatable bonds is 5. The van der Waals surface area contributed by atoms with E-state index in [9.17, 15) is 9.90 Å². The first-order chi connectivity index (χ1) is 13.8. The van der Waals surface area contributed by atoms with Crippen LogP contribution in [0.3, 0.4) is 0 Å². The van der Waals surface area contributed by atoms with E-state index in [0.717, 1.165) is 16.7 Å². The lowest BCUT2D eigenvalue weighted by Crippen LogP contribution is -2.44. The molecule has 0 unspecified atom stereocenters. The average Bonchev–Trinajstić information content (AvgIpc) is 2.72. The van der Waals surface area contributed by atoms with Crippen LogP contribution in [-0.2, 0) is 10.4 Å². The minimum Gasteiger partial charge on any atom is -0.372 e. The van der Waals surface area contributed by atoms with Crippen LogP contribution in [0.4, 0.5) is 0 Å². The van der Waals surface area contributed by atoms with Gasteiger partial charge in [0.25, 0.3) is 5.91 Å². The van der Waals surface area contributed by atoms with Gasteiger partial charge in [-0.1, -0.05) is 83.4 Å². The second kappa shape index (κ2) is 8.60. The summed E-state index contributed by atoms with van der Waals surface area (Å²) in [4.78, 5) is 13.1. The molecule has 0 aliphatic carbocycles. The third-order valence-corrected chi connectivity index (χ3v) is 5.11. The van der Waals surface area contributed by atoms with Gasteiger partial charge < -0.3 is 5.11 Å². The van der Waals surface area contributed by atoms with Crippen LogP contribution < -0.4 is 5.43 Å². The van der Waals surface area contributed by atoms with E-state index in [1.165, 1.54) is 0 Å². The minimum absolute atomic E-state index is 0.476. The number of carbonyl (C=O) groups is 1. The lowest BCUT2D eigenvalue weighted by atomic mass is 9.85. The fraction of sp³-hybridized carbons (Fsp3) is 0.167. The normalized spacial score (nSPS) is 12.0. The van der Waals surface area contributed by atoms with Crippen molar-refractivity contribution in [1.29, 1.82) is 0 Å². The van der Waals surface area contributed by atoms with Gasteiger partial charge in [0.1, 0.15) is 0 Å². The highest BCUT2D eigenvalue weighted by Crippen LogP contribution is 2.30. The molecule has 0 bridgehead atoms. The van der Waals surface area contributed by atoms with Crippen LogP contribution in [-0.4, -0.2) is 16.7 Å². The maximum atomic E-state index is 13.1. The molecule has 0 spiro atoms. The van der Waals surface area contributed by atoms with Gasteiger partial charge in [-0.05, 0) is 49.6 Å². The van der Waals surface area contributed by atoms with E-state index in [-0.39, 0.29) is 0 Å². The molecule has 3 aromatic rings. The first kappa shape index (κ1) is 20.8. The third kappa shape index (κ3) is 4.56. The van der Waals surface area contributed by atoms with Gasteiger partial charge in [0.2, 0.25) is 0 Å². The Bertz CT molecular complexity index is 978. The Morgan fingerprint density at radius 2 is 1.31 bits per heavy atom. The summed E-state index contributed by atoms with van der Waals surface area (Å²) in [6.07, 6.45) is 0. The van der Waals surface area contributed by atoms with E-state index in [2.05, 4.69) is 10.5 Å². The molecule has 1 amide bonds. The fourth-order valence-corrected chi connectivity index (χ4v) is 3.12. The van der Waals surface area contributed by atoms with Gasteiger partial charge >= 0.3 is 0 Å². The smallest absolute Gasteiger partial charge is 0.281 e. The maximum Gasteiger partial charge on any atom is 0.281 e. The molecule has 3 rings (SSSR count). The van der Waals surface area contributed by atoms with E-state index >= 15 is 0 Å². The van der Waals surface area contributed by atoms with E-state index in [1.54, 1.807) is 43.3 Å².